The van der Waals surface area contributed by atoms with Crippen molar-refractivity contribution >= 4 is 0 Å². The molecule has 0 amide bonds. The van der Waals surface area contributed by atoms with Gasteiger partial charge in [0, 0.05) is 11.3 Å². The first-order valence-electron chi connectivity index (χ1n) is 7.39. The number of pyridine rings is 1. The summed E-state index contributed by atoms with van der Waals surface area (Å²) in [6.45, 7) is 4.28. The second-order valence-corrected chi connectivity index (χ2v) is 5.32. The highest BCUT2D eigenvalue weighted by Gasteiger charge is 2.06. The molecule has 0 N–H and O–H groups in total. The SMILES string of the molecule is CCc1cc(-c2cccc(C)c2)cc(-c2ccccc2)n1. The largest absolute Gasteiger partial charge is 0.253 e. The topological polar surface area (TPSA) is 12.9 Å². The zero-order chi connectivity index (χ0) is 14.7. The fraction of sp³-hybridized carbons (Fsp3) is 0.150. The fourth-order valence-corrected chi connectivity index (χ4v) is 2.52. The summed E-state index contributed by atoms with van der Waals surface area (Å²) in [5.74, 6) is 0. The van der Waals surface area contributed by atoms with Crippen molar-refractivity contribution in [3.8, 4) is 22.4 Å². The van der Waals surface area contributed by atoms with Gasteiger partial charge in [-0.25, -0.2) is 0 Å². The first-order chi connectivity index (χ1) is 10.3. The molecule has 1 heteroatoms. The van der Waals surface area contributed by atoms with Gasteiger partial charge in [-0.1, -0.05) is 67.1 Å². The van der Waals surface area contributed by atoms with Crippen molar-refractivity contribution in [1.29, 1.82) is 0 Å². The second-order valence-electron chi connectivity index (χ2n) is 5.32. The van der Waals surface area contributed by atoms with E-state index in [4.69, 9.17) is 4.98 Å². The molecule has 3 rings (SSSR count). The predicted molar refractivity (Wildman–Crippen MR) is 89.2 cm³/mol. The molecule has 0 saturated heterocycles. The van der Waals surface area contributed by atoms with Crippen molar-refractivity contribution in [2.24, 2.45) is 0 Å². The molecule has 0 aliphatic rings. The predicted octanol–water partition coefficient (Wildman–Crippen LogP) is 5.29. The van der Waals surface area contributed by atoms with Crippen LogP contribution in [0.1, 0.15) is 18.2 Å². The highest BCUT2D eigenvalue weighted by Crippen LogP contribution is 2.26. The Morgan fingerprint density at radius 1 is 0.762 bits per heavy atom. The van der Waals surface area contributed by atoms with Crippen LogP contribution in [0.3, 0.4) is 0 Å². The molecule has 0 aliphatic carbocycles. The van der Waals surface area contributed by atoms with Gasteiger partial charge in [-0.15, -0.1) is 0 Å². The first-order valence-corrected chi connectivity index (χ1v) is 7.39. The van der Waals surface area contributed by atoms with Gasteiger partial charge in [-0.2, -0.15) is 0 Å². The van der Waals surface area contributed by atoms with Crippen LogP contribution in [0.2, 0.25) is 0 Å². The molecule has 1 heterocycles. The summed E-state index contributed by atoms with van der Waals surface area (Å²) in [6.07, 6.45) is 0.944. The van der Waals surface area contributed by atoms with Gasteiger partial charge in [0.05, 0.1) is 5.69 Å². The molecule has 3 aromatic rings. The molecule has 0 unspecified atom stereocenters. The van der Waals surface area contributed by atoms with Crippen molar-refractivity contribution in [3.63, 3.8) is 0 Å². The summed E-state index contributed by atoms with van der Waals surface area (Å²) in [4.78, 5) is 4.77. The number of rotatable bonds is 3. The lowest BCUT2D eigenvalue weighted by Crippen LogP contribution is -1.93. The molecule has 0 bridgehead atoms. The quantitative estimate of drug-likeness (QED) is 0.632. The van der Waals surface area contributed by atoms with Gasteiger partial charge in [0.15, 0.2) is 0 Å². The Balaban J connectivity index is 2.14. The molecule has 0 radical (unpaired) electrons. The first kappa shape index (κ1) is 13.6. The number of hydrogen-bond acceptors (Lipinski definition) is 1. The van der Waals surface area contributed by atoms with Crippen molar-refractivity contribution in [3.05, 3.63) is 78.0 Å². The molecule has 104 valence electrons. The van der Waals surface area contributed by atoms with Crippen LogP contribution in [-0.2, 0) is 6.42 Å². The van der Waals surface area contributed by atoms with Crippen molar-refractivity contribution in [1.82, 2.24) is 4.98 Å². The minimum absolute atomic E-state index is 0.944. The van der Waals surface area contributed by atoms with Gasteiger partial charge in [-0.3, -0.25) is 4.98 Å². The fourth-order valence-electron chi connectivity index (χ4n) is 2.52. The molecule has 0 fully saturated rings. The van der Waals surface area contributed by atoms with E-state index in [2.05, 4.69) is 74.5 Å². The Labute approximate surface area is 126 Å². The summed E-state index contributed by atoms with van der Waals surface area (Å²) in [7, 11) is 0. The highest BCUT2D eigenvalue weighted by atomic mass is 14.7. The maximum absolute atomic E-state index is 4.77. The summed E-state index contributed by atoms with van der Waals surface area (Å²) in [6, 6.07) is 23.4. The van der Waals surface area contributed by atoms with Gasteiger partial charge < -0.3 is 0 Å². The minimum Gasteiger partial charge on any atom is -0.253 e. The molecule has 21 heavy (non-hydrogen) atoms. The Kier molecular flexibility index (Phi) is 3.83. The maximum Gasteiger partial charge on any atom is 0.0711 e. The van der Waals surface area contributed by atoms with Gasteiger partial charge in [-0.05, 0) is 36.6 Å². The second kappa shape index (κ2) is 5.92. The Morgan fingerprint density at radius 2 is 1.52 bits per heavy atom. The highest BCUT2D eigenvalue weighted by molar-refractivity contribution is 5.71. The molecule has 0 saturated carbocycles. The number of benzene rings is 2. The number of aryl methyl sites for hydroxylation is 2. The van der Waals surface area contributed by atoms with Crippen LogP contribution >= 0.6 is 0 Å². The van der Waals surface area contributed by atoms with Crippen molar-refractivity contribution < 1.29 is 0 Å². The average Bonchev–Trinajstić information content (AvgIpc) is 2.55. The Bertz CT molecular complexity index is 745. The number of nitrogens with zero attached hydrogens (tertiary/aromatic N) is 1. The van der Waals surface area contributed by atoms with E-state index in [0.717, 1.165) is 17.8 Å². The van der Waals surface area contributed by atoms with Gasteiger partial charge in [0.2, 0.25) is 0 Å². The van der Waals surface area contributed by atoms with E-state index in [1.54, 1.807) is 0 Å². The van der Waals surface area contributed by atoms with E-state index in [1.165, 1.54) is 22.3 Å². The zero-order valence-corrected chi connectivity index (χ0v) is 12.5. The van der Waals surface area contributed by atoms with Crippen molar-refractivity contribution in [2.75, 3.05) is 0 Å². The summed E-state index contributed by atoms with van der Waals surface area (Å²) >= 11 is 0. The minimum atomic E-state index is 0.944. The summed E-state index contributed by atoms with van der Waals surface area (Å²) < 4.78 is 0. The van der Waals surface area contributed by atoms with Crippen LogP contribution in [0, 0.1) is 6.92 Å². The Morgan fingerprint density at radius 3 is 2.24 bits per heavy atom. The van der Waals surface area contributed by atoms with Gasteiger partial charge >= 0.3 is 0 Å². The third-order valence-corrected chi connectivity index (χ3v) is 3.66. The molecule has 0 atom stereocenters. The number of aromatic nitrogens is 1. The molecular formula is C20H19N. The lowest BCUT2D eigenvalue weighted by Gasteiger charge is -2.09. The third kappa shape index (κ3) is 3.03. The van der Waals surface area contributed by atoms with Crippen molar-refractivity contribution in [2.45, 2.75) is 20.3 Å². The molecular weight excluding hydrogens is 254 g/mol. The van der Waals surface area contributed by atoms with Crippen LogP contribution in [0.25, 0.3) is 22.4 Å². The van der Waals surface area contributed by atoms with E-state index in [-0.39, 0.29) is 0 Å². The van der Waals surface area contributed by atoms with E-state index < -0.39 is 0 Å². The van der Waals surface area contributed by atoms with E-state index >= 15 is 0 Å². The molecule has 1 nitrogen and oxygen atoms in total. The van der Waals surface area contributed by atoms with E-state index in [9.17, 15) is 0 Å². The van der Waals surface area contributed by atoms with Crippen LogP contribution in [0.5, 0.6) is 0 Å². The van der Waals surface area contributed by atoms with Gasteiger partial charge in [0.25, 0.3) is 0 Å². The average molecular weight is 273 g/mol. The standard InChI is InChI=1S/C20H19N/c1-3-19-13-18(17-11-7-8-15(2)12-17)14-20(21-19)16-9-5-4-6-10-16/h4-14H,3H2,1-2H3. The summed E-state index contributed by atoms with van der Waals surface area (Å²) in [5.41, 5.74) is 7.12. The zero-order valence-electron chi connectivity index (χ0n) is 12.5. The monoisotopic (exact) mass is 273 g/mol. The molecule has 2 aromatic carbocycles. The van der Waals surface area contributed by atoms with Crippen LogP contribution < -0.4 is 0 Å². The van der Waals surface area contributed by atoms with Crippen LogP contribution in [-0.4, -0.2) is 4.98 Å². The molecule has 1 aromatic heterocycles. The van der Waals surface area contributed by atoms with E-state index in [1.807, 2.05) is 6.07 Å². The molecule has 0 spiro atoms. The number of hydrogen-bond donors (Lipinski definition) is 0. The molecule has 0 aliphatic heterocycles. The summed E-state index contributed by atoms with van der Waals surface area (Å²) in [5, 5.41) is 0. The lowest BCUT2D eigenvalue weighted by atomic mass is 10.0. The third-order valence-electron chi connectivity index (χ3n) is 3.66. The maximum atomic E-state index is 4.77. The normalized spacial score (nSPS) is 10.6. The van der Waals surface area contributed by atoms with Gasteiger partial charge in [0.1, 0.15) is 0 Å². The Hall–Kier alpha value is -2.41. The van der Waals surface area contributed by atoms with Crippen LogP contribution in [0.4, 0.5) is 0 Å². The smallest absolute Gasteiger partial charge is 0.0711 e. The lowest BCUT2D eigenvalue weighted by molar-refractivity contribution is 1.04. The van der Waals surface area contributed by atoms with E-state index in [0.29, 0.717) is 0 Å². The van der Waals surface area contributed by atoms with Crippen LogP contribution in [0.15, 0.2) is 66.7 Å².